The molecular weight excluding hydrogens is 345 g/mol. The van der Waals surface area contributed by atoms with Gasteiger partial charge in [-0.05, 0) is 44.5 Å². The maximum Gasteiger partial charge on any atom is 0.240 e. The Kier molecular flexibility index (Phi) is 5.29. The van der Waals surface area contributed by atoms with Crippen molar-refractivity contribution in [2.75, 3.05) is 17.5 Å². The summed E-state index contributed by atoms with van der Waals surface area (Å²) in [6.45, 7) is 2.71. The molecular formula is C13H20FN3O4S2. The Labute approximate surface area is 135 Å². The molecule has 2 rings (SSSR count). The van der Waals surface area contributed by atoms with E-state index in [1.807, 2.05) is 11.6 Å². The van der Waals surface area contributed by atoms with Gasteiger partial charge in [-0.2, -0.15) is 0 Å². The van der Waals surface area contributed by atoms with Crippen LogP contribution >= 0.6 is 0 Å². The molecule has 3 N–H and O–H groups in total. The third kappa shape index (κ3) is 4.87. The fraction of sp³-hybridized carbons (Fsp3) is 0.538. The van der Waals surface area contributed by atoms with Crippen LogP contribution in [0.5, 0.6) is 0 Å². The summed E-state index contributed by atoms with van der Waals surface area (Å²) < 4.78 is 65.4. The summed E-state index contributed by atoms with van der Waals surface area (Å²) in [4.78, 5) is -0.244. The van der Waals surface area contributed by atoms with Crippen LogP contribution in [0.1, 0.15) is 19.8 Å². The number of nitrogens with one attached hydrogen (secondary N) is 3. The number of hydrogen-bond acceptors (Lipinski definition) is 5. The van der Waals surface area contributed by atoms with Crippen LogP contribution < -0.4 is 14.8 Å². The summed E-state index contributed by atoms with van der Waals surface area (Å²) in [5.74, 6) is -0.951. The quantitative estimate of drug-likeness (QED) is 0.709. The number of piperidine rings is 1. The second-order valence-corrected chi connectivity index (χ2v) is 9.09. The van der Waals surface area contributed by atoms with Crippen molar-refractivity contribution >= 4 is 25.7 Å². The van der Waals surface area contributed by atoms with Gasteiger partial charge in [-0.25, -0.2) is 25.9 Å². The van der Waals surface area contributed by atoms with E-state index in [1.165, 1.54) is 6.07 Å². The van der Waals surface area contributed by atoms with E-state index in [4.69, 9.17) is 0 Å². The smallest absolute Gasteiger partial charge is 0.240 e. The van der Waals surface area contributed by atoms with Gasteiger partial charge in [0, 0.05) is 12.1 Å². The van der Waals surface area contributed by atoms with Crippen LogP contribution in [-0.4, -0.2) is 41.7 Å². The van der Waals surface area contributed by atoms with E-state index in [0.29, 0.717) is 6.42 Å². The molecule has 0 amide bonds. The normalized spacial score (nSPS) is 22.7. The van der Waals surface area contributed by atoms with Gasteiger partial charge in [-0.3, -0.25) is 4.72 Å². The van der Waals surface area contributed by atoms with Gasteiger partial charge in [0.1, 0.15) is 5.82 Å². The summed E-state index contributed by atoms with van der Waals surface area (Å²) in [6, 6.07) is 2.77. The van der Waals surface area contributed by atoms with Crippen LogP contribution in [0.15, 0.2) is 23.1 Å². The zero-order chi connectivity index (χ0) is 17.3. The van der Waals surface area contributed by atoms with Crippen molar-refractivity contribution in [3.63, 3.8) is 0 Å². The van der Waals surface area contributed by atoms with Crippen LogP contribution in [0.3, 0.4) is 0 Å². The number of benzene rings is 1. The minimum absolute atomic E-state index is 0.0189. The zero-order valence-electron chi connectivity index (χ0n) is 12.8. The largest absolute Gasteiger partial charge is 0.313 e. The Hall–Kier alpha value is -1.23. The van der Waals surface area contributed by atoms with Crippen molar-refractivity contribution in [2.24, 2.45) is 0 Å². The summed E-state index contributed by atoms with van der Waals surface area (Å²) in [7, 11) is -7.52. The first-order valence-electron chi connectivity index (χ1n) is 7.11. The van der Waals surface area contributed by atoms with Crippen LogP contribution in [0.2, 0.25) is 0 Å². The molecule has 0 aliphatic carbocycles. The van der Waals surface area contributed by atoms with E-state index in [0.717, 1.165) is 31.4 Å². The molecule has 2 atom stereocenters. The Morgan fingerprint density at radius 1 is 1.26 bits per heavy atom. The standard InChI is InChI=1S/C13H20FN3O4S2/c1-9-12(4-3-7-15-9)17-23(20,21)10-5-6-13(11(14)8-10)16-22(2,18)19/h5-6,8-9,12,15-17H,3-4,7H2,1-2H3. The Morgan fingerprint density at radius 2 is 1.96 bits per heavy atom. The molecule has 1 aromatic rings. The molecule has 1 heterocycles. The minimum Gasteiger partial charge on any atom is -0.313 e. The van der Waals surface area contributed by atoms with Crippen LogP contribution in [-0.2, 0) is 20.0 Å². The topological polar surface area (TPSA) is 104 Å². The number of anilines is 1. The molecule has 1 aromatic carbocycles. The SMILES string of the molecule is CC1NCCCC1NS(=O)(=O)c1ccc(NS(C)(=O)=O)c(F)c1. The van der Waals surface area contributed by atoms with Gasteiger partial charge in [0.25, 0.3) is 0 Å². The number of rotatable bonds is 5. The molecule has 2 unspecified atom stereocenters. The lowest BCUT2D eigenvalue weighted by Gasteiger charge is -2.30. The average molecular weight is 365 g/mol. The fourth-order valence-corrected chi connectivity index (χ4v) is 4.35. The molecule has 130 valence electrons. The molecule has 0 spiro atoms. The van der Waals surface area contributed by atoms with Crippen LogP contribution in [0, 0.1) is 5.82 Å². The second kappa shape index (κ2) is 6.71. The van der Waals surface area contributed by atoms with E-state index in [-0.39, 0.29) is 22.7 Å². The van der Waals surface area contributed by atoms with Crippen molar-refractivity contribution < 1.29 is 21.2 Å². The molecule has 7 nitrogen and oxygen atoms in total. The van der Waals surface area contributed by atoms with Gasteiger partial charge in [0.05, 0.1) is 16.8 Å². The van der Waals surface area contributed by atoms with E-state index < -0.39 is 25.9 Å². The maximum atomic E-state index is 13.9. The molecule has 0 saturated carbocycles. The lowest BCUT2D eigenvalue weighted by Crippen LogP contribution is -2.51. The van der Waals surface area contributed by atoms with Crippen molar-refractivity contribution in [3.05, 3.63) is 24.0 Å². The highest BCUT2D eigenvalue weighted by atomic mass is 32.2. The highest BCUT2D eigenvalue weighted by molar-refractivity contribution is 7.92. The third-order valence-corrected chi connectivity index (χ3v) is 5.69. The number of sulfonamides is 2. The highest BCUT2D eigenvalue weighted by Crippen LogP contribution is 2.21. The minimum atomic E-state index is -3.88. The molecule has 0 bridgehead atoms. The van der Waals surface area contributed by atoms with Crippen molar-refractivity contribution in [1.82, 2.24) is 10.0 Å². The first-order valence-corrected chi connectivity index (χ1v) is 10.5. The lowest BCUT2D eigenvalue weighted by molar-refractivity contribution is 0.349. The van der Waals surface area contributed by atoms with Crippen LogP contribution in [0.4, 0.5) is 10.1 Å². The number of halogens is 1. The zero-order valence-corrected chi connectivity index (χ0v) is 14.5. The summed E-state index contributed by atoms with van der Waals surface area (Å²) in [5.41, 5.74) is -0.292. The molecule has 0 aromatic heterocycles. The van der Waals surface area contributed by atoms with Crippen molar-refractivity contribution in [2.45, 2.75) is 36.7 Å². The lowest BCUT2D eigenvalue weighted by atomic mass is 10.0. The van der Waals surface area contributed by atoms with Gasteiger partial charge in [-0.1, -0.05) is 0 Å². The van der Waals surface area contributed by atoms with Gasteiger partial charge in [0.2, 0.25) is 20.0 Å². The first kappa shape index (κ1) is 18.1. The molecule has 1 aliphatic rings. The predicted octanol–water partition coefficient (Wildman–Crippen LogP) is 0.616. The van der Waals surface area contributed by atoms with Crippen molar-refractivity contribution in [1.29, 1.82) is 0 Å². The first-order chi connectivity index (χ1) is 10.6. The summed E-state index contributed by atoms with van der Waals surface area (Å²) in [5, 5.41) is 3.17. The summed E-state index contributed by atoms with van der Waals surface area (Å²) in [6.07, 6.45) is 2.43. The molecule has 10 heteroatoms. The molecule has 0 radical (unpaired) electrons. The van der Waals surface area contributed by atoms with Crippen molar-refractivity contribution in [3.8, 4) is 0 Å². The Balaban J connectivity index is 2.21. The van der Waals surface area contributed by atoms with Gasteiger partial charge >= 0.3 is 0 Å². The number of hydrogen-bond donors (Lipinski definition) is 3. The van der Waals surface area contributed by atoms with E-state index in [1.54, 1.807) is 0 Å². The van der Waals surface area contributed by atoms with E-state index >= 15 is 0 Å². The third-order valence-electron chi connectivity index (χ3n) is 3.61. The fourth-order valence-electron chi connectivity index (χ4n) is 2.42. The van der Waals surface area contributed by atoms with Crippen LogP contribution in [0.25, 0.3) is 0 Å². The van der Waals surface area contributed by atoms with Gasteiger partial charge in [-0.15, -0.1) is 0 Å². The Bertz CT molecular complexity index is 780. The molecule has 1 aliphatic heterocycles. The highest BCUT2D eigenvalue weighted by Gasteiger charge is 2.27. The summed E-state index contributed by atoms with van der Waals surface area (Å²) >= 11 is 0. The van der Waals surface area contributed by atoms with E-state index in [2.05, 4.69) is 10.0 Å². The Morgan fingerprint density at radius 3 is 2.52 bits per heavy atom. The molecule has 23 heavy (non-hydrogen) atoms. The second-order valence-electron chi connectivity index (χ2n) is 5.63. The maximum absolute atomic E-state index is 13.9. The molecule has 1 saturated heterocycles. The average Bonchev–Trinajstić information content (AvgIpc) is 2.42. The van der Waals surface area contributed by atoms with Gasteiger partial charge < -0.3 is 5.32 Å². The van der Waals surface area contributed by atoms with E-state index in [9.17, 15) is 21.2 Å². The van der Waals surface area contributed by atoms with Gasteiger partial charge in [0.15, 0.2) is 0 Å². The predicted molar refractivity (Wildman–Crippen MR) is 85.7 cm³/mol. The monoisotopic (exact) mass is 365 g/mol. The molecule has 1 fully saturated rings.